The van der Waals surface area contributed by atoms with Gasteiger partial charge in [-0.2, -0.15) is 5.10 Å². The highest BCUT2D eigenvalue weighted by Gasteiger charge is 2.09. The number of hydrogen-bond donors (Lipinski definition) is 0. The first-order valence-electron chi connectivity index (χ1n) is 8.08. The van der Waals surface area contributed by atoms with Crippen LogP contribution in [0.1, 0.15) is 10.4 Å². The summed E-state index contributed by atoms with van der Waals surface area (Å²) in [4.78, 5) is 11.7. The average molecular weight is 363 g/mol. The number of benzene rings is 2. The molecule has 4 aromatic rings. The van der Waals surface area contributed by atoms with Crippen molar-refractivity contribution >= 4 is 23.1 Å². The molecule has 0 aliphatic rings. The second-order valence-electron chi connectivity index (χ2n) is 5.89. The third-order valence-corrected chi connectivity index (χ3v) is 4.47. The van der Waals surface area contributed by atoms with E-state index in [0.29, 0.717) is 10.6 Å². The Hall–Kier alpha value is -3.11. The number of carbonyl (C=O) groups is 1. The van der Waals surface area contributed by atoms with Gasteiger partial charge in [0.25, 0.3) is 0 Å². The fourth-order valence-corrected chi connectivity index (χ4v) is 3.01. The predicted molar refractivity (Wildman–Crippen MR) is 102 cm³/mol. The number of esters is 1. The van der Waals surface area contributed by atoms with Crippen LogP contribution in [0.25, 0.3) is 27.9 Å². The minimum Gasteiger partial charge on any atom is -0.465 e. The van der Waals surface area contributed by atoms with Crippen molar-refractivity contribution in [2.45, 2.75) is 0 Å². The number of rotatable bonds is 3. The van der Waals surface area contributed by atoms with E-state index in [-0.39, 0.29) is 5.97 Å². The summed E-state index contributed by atoms with van der Waals surface area (Å²) in [5.41, 5.74) is 5.33. The van der Waals surface area contributed by atoms with Crippen molar-refractivity contribution < 1.29 is 9.53 Å². The first kappa shape index (κ1) is 16.4. The Balaban J connectivity index is 1.74. The summed E-state index contributed by atoms with van der Waals surface area (Å²) in [6.45, 7) is 0. The normalized spacial score (nSPS) is 10.8. The summed E-state index contributed by atoms with van der Waals surface area (Å²) >= 11 is 5.95. The Bertz CT molecular complexity index is 1100. The fourth-order valence-electron chi connectivity index (χ4n) is 2.88. The maximum absolute atomic E-state index is 11.7. The van der Waals surface area contributed by atoms with E-state index < -0.39 is 0 Å². The molecule has 5 heteroatoms. The monoisotopic (exact) mass is 362 g/mol. The minimum absolute atomic E-state index is 0.345. The number of aromatic nitrogens is 2. The molecule has 0 radical (unpaired) electrons. The molecule has 0 saturated carbocycles. The first-order valence-corrected chi connectivity index (χ1v) is 8.46. The van der Waals surface area contributed by atoms with Gasteiger partial charge in [-0.05, 0) is 53.6 Å². The standard InChI is InChI=1S/C21H15ClN2O2/c1-26-21(25)17-4-2-3-15(11-17)16-9-10-24-19(12-16)13-20(23-24)14-5-7-18(22)8-6-14/h2-13H,1H3. The lowest BCUT2D eigenvalue weighted by atomic mass is 10.0. The van der Waals surface area contributed by atoms with Crippen LogP contribution < -0.4 is 0 Å². The van der Waals surface area contributed by atoms with Gasteiger partial charge in [0.05, 0.1) is 23.9 Å². The summed E-state index contributed by atoms with van der Waals surface area (Å²) in [5.74, 6) is -0.345. The summed E-state index contributed by atoms with van der Waals surface area (Å²) in [5, 5.41) is 5.31. The van der Waals surface area contributed by atoms with E-state index in [2.05, 4.69) is 5.10 Å². The third-order valence-electron chi connectivity index (χ3n) is 4.22. The topological polar surface area (TPSA) is 43.6 Å². The van der Waals surface area contributed by atoms with Crippen LogP contribution in [0.5, 0.6) is 0 Å². The molecule has 26 heavy (non-hydrogen) atoms. The molecule has 0 atom stereocenters. The molecule has 128 valence electrons. The largest absolute Gasteiger partial charge is 0.465 e. The van der Waals surface area contributed by atoms with Crippen molar-refractivity contribution in [1.82, 2.24) is 9.61 Å². The van der Waals surface area contributed by atoms with Gasteiger partial charge in [0, 0.05) is 16.8 Å². The number of carbonyl (C=O) groups excluding carboxylic acids is 1. The Morgan fingerprint density at radius 3 is 2.50 bits per heavy atom. The molecular weight excluding hydrogens is 348 g/mol. The van der Waals surface area contributed by atoms with E-state index >= 15 is 0 Å². The Labute approximate surface area is 155 Å². The highest BCUT2D eigenvalue weighted by Crippen LogP contribution is 2.26. The zero-order valence-corrected chi connectivity index (χ0v) is 14.8. The summed E-state index contributed by atoms with van der Waals surface area (Å²) in [6, 6.07) is 21.0. The van der Waals surface area contributed by atoms with Gasteiger partial charge in [-0.25, -0.2) is 9.31 Å². The summed E-state index contributed by atoms with van der Waals surface area (Å²) in [6.07, 6.45) is 1.91. The average Bonchev–Trinajstić information content (AvgIpc) is 3.11. The summed E-state index contributed by atoms with van der Waals surface area (Å²) in [7, 11) is 1.38. The van der Waals surface area contributed by atoms with Crippen LogP contribution in [-0.4, -0.2) is 22.7 Å². The number of fused-ring (bicyclic) bond motifs is 1. The van der Waals surface area contributed by atoms with Gasteiger partial charge in [0.15, 0.2) is 0 Å². The number of ether oxygens (including phenoxy) is 1. The van der Waals surface area contributed by atoms with Gasteiger partial charge in [0.1, 0.15) is 0 Å². The van der Waals surface area contributed by atoms with E-state index in [9.17, 15) is 4.79 Å². The van der Waals surface area contributed by atoms with E-state index in [0.717, 1.165) is 27.9 Å². The van der Waals surface area contributed by atoms with Gasteiger partial charge in [-0.15, -0.1) is 0 Å². The fraction of sp³-hybridized carbons (Fsp3) is 0.0476. The molecule has 0 amide bonds. The Morgan fingerprint density at radius 1 is 0.962 bits per heavy atom. The Kier molecular flexibility index (Phi) is 4.19. The van der Waals surface area contributed by atoms with Gasteiger partial charge in [-0.1, -0.05) is 35.9 Å². The van der Waals surface area contributed by atoms with E-state index in [1.165, 1.54) is 7.11 Å². The zero-order chi connectivity index (χ0) is 18.1. The van der Waals surface area contributed by atoms with Crippen LogP contribution in [0.4, 0.5) is 0 Å². The van der Waals surface area contributed by atoms with Gasteiger partial charge < -0.3 is 4.74 Å². The molecule has 4 rings (SSSR count). The molecule has 2 aromatic carbocycles. The second-order valence-corrected chi connectivity index (χ2v) is 6.33. The molecule has 0 aliphatic heterocycles. The number of hydrogen-bond acceptors (Lipinski definition) is 3. The molecule has 2 heterocycles. The van der Waals surface area contributed by atoms with Crippen LogP contribution in [0.15, 0.2) is 72.9 Å². The molecule has 0 saturated heterocycles. The van der Waals surface area contributed by atoms with E-state index in [1.54, 1.807) is 6.07 Å². The van der Waals surface area contributed by atoms with E-state index in [1.807, 2.05) is 71.4 Å². The quantitative estimate of drug-likeness (QED) is 0.476. The van der Waals surface area contributed by atoms with Crippen LogP contribution >= 0.6 is 11.6 Å². The van der Waals surface area contributed by atoms with Crippen molar-refractivity contribution in [1.29, 1.82) is 0 Å². The smallest absolute Gasteiger partial charge is 0.337 e. The molecular formula is C21H15ClN2O2. The molecule has 0 unspecified atom stereocenters. The van der Waals surface area contributed by atoms with Gasteiger partial charge >= 0.3 is 5.97 Å². The van der Waals surface area contributed by atoms with Crippen molar-refractivity contribution in [2.75, 3.05) is 7.11 Å². The zero-order valence-electron chi connectivity index (χ0n) is 14.0. The third kappa shape index (κ3) is 3.07. The highest BCUT2D eigenvalue weighted by molar-refractivity contribution is 6.30. The number of nitrogens with zero attached hydrogens (tertiary/aromatic N) is 2. The number of methoxy groups -OCH3 is 1. The molecule has 4 nitrogen and oxygen atoms in total. The van der Waals surface area contributed by atoms with Crippen molar-refractivity contribution in [2.24, 2.45) is 0 Å². The lowest BCUT2D eigenvalue weighted by Gasteiger charge is -2.05. The molecule has 0 N–H and O–H groups in total. The number of halogens is 1. The molecule has 0 spiro atoms. The predicted octanol–water partition coefficient (Wildman–Crippen LogP) is 5.11. The van der Waals surface area contributed by atoms with Gasteiger partial charge in [0.2, 0.25) is 0 Å². The summed E-state index contributed by atoms with van der Waals surface area (Å²) < 4.78 is 6.63. The van der Waals surface area contributed by atoms with Crippen molar-refractivity contribution in [3.05, 3.63) is 83.5 Å². The lowest BCUT2D eigenvalue weighted by molar-refractivity contribution is 0.0601. The maximum atomic E-state index is 11.7. The molecule has 0 aliphatic carbocycles. The minimum atomic E-state index is -0.345. The highest BCUT2D eigenvalue weighted by atomic mass is 35.5. The maximum Gasteiger partial charge on any atom is 0.337 e. The molecule has 2 aromatic heterocycles. The van der Waals surface area contributed by atoms with Crippen LogP contribution in [-0.2, 0) is 4.74 Å². The number of pyridine rings is 1. The van der Waals surface area contributed by atoms with E-state index in [4.69, 9.17) is 16.3 Å². The second kappa shape index (κ2) is 6.65. The van der Waals surface area contributed by atoms with Crippen LogP contribution in [0.2, 0.25) is 5.02 Å². The Morgan fingerprint density at radius 2 is 1.73 bits per heavy atom. The van der Waals surface area contributed by atoms with Crippen LogP contribution in [0.3, 0.4) is 0 Å². The van der Waals surface area contributed by atoms with Crippen LogP contribution in [0, 0.1) is 0 Å². The molecule has 0 bridgehead atoms. The first-order chi connectivity index (χ1) is 12.6. The van der Waals surface area contributed by atoms with Gasteiger partial charge in [-0.3, -0.25) is 0 Å². The van der Waals surface area contributed by atoms with Crippen molar-refractivity contribution in [3.8, 4) is 22.4 Å². The molecule has 0 fully saturated rings. The SMILES string of the molecule is COC(=O)c1cccc(-c2ccn3nc(-c4ccc(Cl)cc4)cc3c2)c1. The van der Waals surface area contributed by atoms with Crippen molar-refractivity contribution in [3.63, 3.8) is 0 Å². The lowest BCUT2D eigenvalue weighted by Crippen LogP contribution is -2.00.